The molecule has 23 heavy (non-hydrogen) atoms. The number of hydrogen-bond acceptors (Lipinski definition) is 4. The average molecular weight is 348 g/mol. The fourth-order valence-corrected chi connectivity index (χ4v) is 4.19. The van der Waals surface area contributed by atoms with E-state index in [0.29, 0.717) is 11.8 Å². The summed E-state index contributed by atoms with van der Waals surface area (Å²) in [5.41, 5.74) is 1.19. The molecule has 0 bridgehead atoms. The molecule has 2 aliphatic rings. The highest BCUT2D eigenvalue weighted by molar-refractivity contribution is 7.13. The highest BCUT2D eigenvalue weighted by atomic mass is 35.5. The number of benzene rings is 1. The number of piperazine rings is 1. The highest BCUT2D eigenvalue weighted by Gasteiger charge is 2.46. The van der Waals surface area contributed by atoms with Crippen LogP contribution in [-0.4, -0.2) is 42.0 Å². The molecule has 2 heterocycles. The third-order valence-electron chi connectivity index (χ3n) is 4.67. The molecule has 2 fully saturated rings. The van der Waals surface area contributed by atoms with Gasteiger partial charge in [-0.1, -0.05) is 23.7 Å². The van der Waals surface area contributed by atoms with Gasteiger partial charge in [-0.2, -0.15) is 0 Å². The molecular formula is C17H18ClN3OS. The minimum atomic E-state index is 0.139. The zero-order valence-corrected chi connectivity index (χ0v) is 14.3. The summed E-state index contributed by atoms with van der Waals surface area (Å²) in [7, 11) is 0. The fraction of sp³-hybridized carbons (Fsp3) is 0.412. The minimum absolute atomic E-state index is 0.139. The van der Waals surface area contributed by atoms with Crippen molar-refractivity contribution in [3.05, 3.63) is 46.4 Å². The van der Waals surface area contributed by atoms with Gasteiger partial charge in [0.1, 0.15) is 0 Å². The lowest BCUT2D eigenvalue weighted by Crippen LogP contribution is -2.49. The summed E-state index contributed by atoms with van der Waals surface area (Å²) in [5, 5.41) is 3.80. The SMILES string of the molecule is O=C([C@H]1C[C@H]1c1cccc(Cl)c1)N1CCN(c2nccs2)CC1. The van der Waals surface area contributed by atoms with E-state index in [-0.39, 0.29) is 5.92 Å². The Morgan fingerprint density at radius 3 is 2.78 bits per heavy atom. The standard InChI is InChI=1S/C17H18ClN3OS/c18-13-3-1-2-12(10-13)14-11-15(14)16(22)20-5-7-21(8-6-20)17-19-4-9-23-17/h1-4,9-10,14-15H,5-8,11H2/t14-,15-/m0/s1. The maximum atomic E-state index is 12.7. The second-order valence-corrected chi connectivity index (χ2v) is 7.44. The Balaban J connectivity index is 1.35. The van der Waals surface area contributed by atoms with Crippen molar-refractivity contribution in [2.75, 3.05) is 31.1 Å². The fourth-order valence-electron chi connectivity index (χ4n) is 3.30. The van der Waals surface area contributed by atoms with Gasteiger partial charge in [-0.05, 0) is 30.0 Å². The Bertz CT molecular complexity index is 698. The van der Waals surface area contributed by atoms with Crippen LogP contribution in [-0.2, 0) is 4.79 Å². The molecule has 4 rings (SSSR count). The molecule has 0 spiro atoms. The molecule has 2 atom stereocenters. The molecule has 1 amide bonds. The number of carbonyl (C=O) groups is 1. The molecule has 2 aromatic rings. The van der Waals surface area contributed by atoms with Crippen LogP contribution in [0, 0.1) is 5.92 Å². The van der Waals surface area contributed by atoms with Gasteiger partial charge >= 0.3 is 0 Å². The van der Waals surface area contributed by atoms with Gasteiger partial charge in [0.15, 0.2) is 5.13 Å². The lowest BCUT2D eigenvalue weighted by atomic mass is 10.1. The van der Waals surface area contributed by atoms with E-state index in [1.165, 1.54) is 5.56 Å². The molecule has 1 aromatic carbocycles. The third kappa shape index (κ3) is 3.08. The van der Waals surface area contributed by atoms with Gasteiger partial charge in [0, 0.05) is 48.7 Å². The lowest BCUT2D eigenvalue weighted by molar-refractivity contribution is -0.132. The highest BCUT2D eigenvalue weighted by Crippen LogP contribution is 2.49. The van der Waals surface area contributed by atoms with E-state index in [4.69, 9.17) is 11.6 Å². The minimum Gasteiger partial charge on any atom is -0.345 e. The number of halogens is 1. The number of amides is 1. The van der Waals surface area contributed by atoms with Gasteiger partial charge in [0.05, 0.1) is 0 Å². The van der Waals surface area contributed by atoms with Crippen LogP contribution >= 0.6 is 22.9 Å². The molecule has 0 radical (unpaired) electrons. The van der Waals surface area contributed by atoms with Crippen LogP contribution in [0.4, 0.5) is 5.13 Å². The van der Waals surface area contributed by atoms with Crippen LogP contribution in [0.3, 0.4) is 0 Å². The summed E-state index contributed by atoms with van der Waals surface area (Å²) in [5.74, 6) is 0.784. The van der Waals surface area contributed by atoms with Crippen LogP contribution < -0.4 is 4.90 Å². The van der Waals surface area contributed by atoms with Gasteiger partial charge in [-0.3, -0.25) is 4.79 Å². The molecule has 120 valence electrons. The summed E-state index contributed by atoms with van der Waals surface area (Å²) in [6.45, 7) is 3.32. The molecule has 0 N–H and O–H groups in total. The Kier molecular flexibility index (Phi) is 3.99. The number of anilines is 1. The molecule has 1 aliphatic carbocycles. The van der Waals surface area contributed by atoms with E-state index < -0.39 is 0 Å². The zero-order valence-electron chi connectivity index (χ0n) is 12.7. The van der Waals surface area contributed by atoms with Crippen molar-refractivity contribution in [1.82, 2.24) is 9.88 Å². The molecule has 1 saturated carbocycles. The molecule has 1 aliphatic heterocycles. The van der Waals surface area contributed by atoms with E-state index >= 15 is 0 Å². The van der Waals surface area contributed by atoms with Crippen molar-refractivity contribution in [3.8, 4) is 0 Å². The Morgan fingerprint density at radius 1 is 1.26 bits per heavy atom. The predicted molar refractivity (Wildman–Crippen MR) is 93.2 cm³/mol. The van der Waals surface area contributed by atoms with E-state index in [1.54, 1.807) is 11.3 Å². The molecule has 1 saturated heterocycles. The van der Waals surface area contributed by atoms with E-state index in [2.05, 4.69) is 16.0 Å². The number of aromatic nitrogens is 1. The van der Waals surface area contributed by atoms with Crippen molar-refractivity contribution in [1.29, 1.82) is 0 Å². The zero-order chi connectivity index (χ0) is 15.8. The largest absolute Gasteiger partial charge is 0.345 e. The van der Waals surface area contributed by atoms with Crippen LogP contribution in [0.25, 0.3) is 0 Å². The first kappa shape index (κ1) is 15.0. The Hall–Kier alpha value is -1.59. The summed E-state index contributed by atoms with van der Waals surface area (Å²) in [6.07, 6.45) is 2.78. The third-order valence-corrected chi connectivity index (χ3v) is 5.73. The predicted octanol–water partition coefficient (Wildman–Crippen LogP) is 3.25. The van der Waals surface area contributed by atoms with Gasteiger partial charge in [-0.25, -0.2) is 4.98 Å². The summed E-state index contributed by atoms with van der Waals surface area (Å²) in [6, 6.07) is 7.90. The normalized spacial score (nSPS) is 23.9. The van der Waals surface area contributed by atoms with Crippen LogP contribution in [0.2, 0.25) is 5.02 Å². The van der Waals surface area contributed by atoms with Gasteiger partial charge in [0.25, 0.3) is 0 Å². The number of nitrogens with zero attached hydrogens (tertiary/aromatic N) is 3. The van der Waals surface area contributed by atoms with Crippen molar-refractivity contribution >= 4 is 34.0 Å². The second kappa shape index (κ2) is 6.13. The number of rotatable bonds is 3. The number of carbonyl (C=O) groups excluding carboxylic acids is 1. The lowest BCUT2D eigenvalue weighted by Gasteiger charge is -2.34. The first-order valence-corrected chi connectivity index (χ1v) is 9.17. The topological polar surface area (TPSA) is 36.4 Å². The summed E-state index contributed by atoms with van der Waals surface area (Å²) in [4.78, 5) is 21.3. The van der Waals surface area contributed by atoms with E-state index in [9.17, 15) is 4.79 Å². The maximum absolute atomic E-state index is 12.7. The first-order valence-electron chi connectivity index (χ1n) is 7.91. The van der Waals surface area contributed by atoms with E-state index in [1.807, 2.05) is 34.7 Å². The van der Waals surface area contributed by atoms with Crippen molar-refractivity contribution in [3.63, 3.8) is 0 Å². The van der Waals surface area contributed by atoms with Gasteiger partial charge < -0.3 is 9.80 Å². The summed E-state index contributed by atoms with van der Waals surface area (Å²) >= 11 is 7.71. The monoisotopic (exact) mass is 347 g/mol. The Morgan fingerprint density at radius 2 is 2.09 bits per heavy atom. The summed E-state index contributed by atoms with van der Waals surface area (Å²) < 4.78 is 0. The smallest absolute Gasteiger partial charge is 0.226 e. The average Bonchev–Trinajstić information content (AvgIpc) is 3.19. The Labute approximate surface area is 144 Å². The molecule has 4 nitrogen and oxygen atoms in total. The van der Waals surface area contributed by atoms with Gasteiger partial charge in [0.2, 0.25) is 5.91 Å². The second-order valence-electron chi connectivity index (χ2n) is 6.13. The van der Waals surface area contributed by atoms with Crippen LogP contribution in [0.1, 0.15) is 17.9 Å². The van der Waals surface area contributed by atoms with Crippen molar-refractivity contribution in [2.45, 2.75) is 12.3 Å². The molecular weight excluding hydrogens is 330 g/mol. The van der Waals surface area contributed by atoms with Crippen LogP contribution in [0.5, 0.6) is 0 Å². The van der Waals surface area contributed by atoms with E-state index in [0.717, 1.165) is 42.8 Å². The molecule has 1 aromatic heterocycles. The number of hydrogen-bond donors (Lipinski definition) is 0. The van der Waals surface area contributed by atoms with Crippen molar-refractivity contribution < 1.29 is 4.79 Å². The van der Waals surface area contributed by atoms with Crippen LogP contribution in [0.15, 0.2) is 35.8 Å². The van der Waals surface area contributed by atoms with Gasteiger partial charge in [-0.15, -0.1) is 11.3 Å². The first-order chi connectivity index (χ1) is 11.2. The maximum Gasteiger partial charge on any atom is 0.226 e. The quantitative estimate of drug-likeness (QED) is 0.855. The molecule has 6 heteroatoms. The molecule has 0 unspecified atom stereocenters. The number of thiazole rings is 1. The van der Waals surface area contributed by atoms with Crippen molar-refractivity contribution in [2.24, 2.45) is 5.92 Å².